The topological polar surface area (TPSA) is 77.1 Å². The molecular formula is C14H14ClN3O2. The van der Waals surface area contributed by atoms with Gasteiger partial charge in [-0.2, -0.15) is 0 Å². The Hall–Kier alpha value is -2.27. The SMILES string of the molecule is CCn1cc(NC(=O)c2ccc(Cl)cc2N)ccc1=O. The average Bonchev–Trinajstić information content (AvgIpc) is 2.40. The van der Waals surface area contributed by atoms with E-state index >= 15 is 0 Å². The summed E-state index contributed by atoms with van der Waals surface area (Å²) in [6.07, 6.45) is 1.59. The molecule has 1 aromatic carbocycles. The third kappa shape index (κ3) is 3.00. The van der Waals surface area contributed by atoms with Gasteiger partial charge in [0.25, 0.3) is 11.5 Å². The standard InChI is InChI=1S/C14H14ClN3O2/c1-2-18-8-10(4-6-13(18)19)17-14(20)11-5-3-9(15)7-12(11)16/h3-8H,2,16H2,1H3,(H,17,20). The van der Waals surface area contributed by atoms with Crippen molar-refractivity contribution in [1.29, 1.82) is 0 Å². The predicted octanol–water partition coefficient (Wildman–Crippen LogP) is 2.36. The Kier molecular flexibility index (Phi) is 4.10. The molecule has 3 N–H and O–H groups in total. The Morgan fingerprint density at radius 2 is 2.10 bits per heavy atom. The van der Waals surface area contributed by atoms with Gasteiger partial charge in [0.05, 0.1) is 11.3 Å². The van der Waals surface area contributed by atoms with Crippen LogP contribution in [0.4, 0.5) is 11.4 Å². The van der Waals surface area contributed by atoms with E-state index < -0.39 is 0 Å². The van der Waals surface area contributed by atoms with Crippen molar-refractivity contribution in [3.63, 3.8) is 0 Å². The van der Waals surface area contributed by atoms with E-state index in [0.29, 0.717) is 28.5 Å². The summed E-state index contributed by atoms with van der Waals surface area (Å²) < 4.78 is 1.50. The van der Waals surface area contributed by atoms with E-state index in [0.717, 1.165) is 0 Å². The first-order chi connectivity index (χ1) is 9.51. The van der Waals surface area contributed by atoms with Gasteiger partial charge >= 0.3 is 0 Å². The maximum absolute atomic E-state index is 12.1. The van der Waals surface area contributed by atoms with E-state index in [9.17, 15) is 9.59 Å². The number of halogens is 1. The zero-order valence-corrected chi connectivity index (χ0v) is 11.6. The molecule has 6 heteroatoms. The summed E-state index contributed by atoms with van der Waals surface area (Å²) in [5, 5.41) is 3.17. The Labute approximate surface area is 121 Å². The molecule has 1 heterocycles. The van der Waals surface area contributed by atoms with Gasteiger partial charge in [-0.3, -0.25) is 9.59 Å². The number of rotatable bonds is 3. The van der Waals surface area contributed by atoms with E-state index in [-0.39, 0.29) is 11.5 Å². The highest BCUT2D eigenvalue weighted by Gasteiger charge is 2.10. The number of carbonyl (C=O) groups is 1. The molecule has 0 saturated carbocycles. The Morgan fingerprint density at radius 3 is 2.75 bits per heavy atom. The first kappa shape index (κ1) is 14.1. The molecule has 2 aromatic rings. The fourth-order valence-electron chi connectivity index (χ4n) is 1.79. The molecule has 0 aliphatic carbocycles. The molecular weight excluding hydrogens is 278 g/mol. The van der Waals surface area contributed by atoms with Gasteiger partial charge < -0.3 is 15.6 Å². The normalized spacial score (nSPS) is 10.3. The molecule has 0 radical (unpaired) electrons. The lowest BCUT2D eigenvalue weighted by molar-refractivity contribution is 0.102. The molecule has 20 heavy (non-hydrogen) atoms. The first-order valence-electron chi connectivity index (χ1n) is 6.08. The number of nitrogen functional groups attached to an aromatic ring is 1. The molecule has 0 atom stereocenters. The van der Waals surface area contributed by atoms with Gasteiger partial charge in [-0.15, -0.1) is 0 Å². The molecule has 104 valence electrons. The highest BCUT2D eigenvalue weighted by Crippen LogP contribution is 2.19. The number of carbonyl (C=O) groups excluding carboxylic acids is 1. The fourth-order valence-corrected chi connectivity index (χ4v) is 1.97. The second-order valence-corrected chi connectivity index (χ2v) is 4.66. The van der Waals surface area contributed by atoms with Crippen molar-refractivity contribution >= 4 is 28.9 Å². The Bertz CT molecular complexity index is 710. The number of nitrogens with one attached hydrogen (secondary N) is 1. The molecule has 0 unspecified atom stereocenters. The van der Waals surface area contributed by atoms with Crippen LogP contribution in [0.15, 0.2) is 41.3 Å². The van der Waals surface area contributed by atoms with Gasteiger partial charge in [0.1, 0.15) is 0 Å². The first-order valence-corrected chi connectivity index (χ1v) is 6.46. The number of nitrogens with two attached hydrogens (primary N) is 1. The summed E-state index contributed by atoms with van der Waals surface area (Å²) in [6, 6.07) is 7.63. The van der Waals surface area contributed by atoms with Crippen LogP contribution in [0, 0.1) is 0 Å². The summed E-state index contributed by atoms with van der Waals surface area (Å²) >= 11 is 5.79. The lowest BCUT2D eigenvalue weighted by Gasteiger charge is -2.09. The van der Waals surface area contributed by atoms with Crippen molar-refractivity contribution in [1.82, 2.24) is 4.57 Å². The van der Waals surface area contributed by atoms with Crippen LogP contribution >= 0.6 is 11.6 Å². The van der Waals surface area contributed by atoms with Gasteiger partial charge in [0, 0.05) is 29.5 Å². The smallest absolute Gasteiger partial charge is 0.257 e. The van der Waals surface area contributed by atoms with Crippen molar-refractivity contribution < 1.29 is 4.79 Å². The lowest BCUT2D eigenvalue weighted by atomic mass is 10.1. The van der Waals surface area contributed by atoms with Gasteiger partial charge in [0.2, 0.25) is 0 Å². The summed E-state index contributed by atoms with van der Waals surface area (Å²) in [5.74, 6) is -0.347. The monoisotopic (exact) mass is 291 g/mol. The average molecular weight is 292 g/mol. The zero-order chi connectivity index (χ0) is 14.7. The minimum Gasteiger partial charge on any atom is -0.398 e. The summed E-state index contributed by atoms with van der Waals surface area (Å²) in [7, 11) is 0. The zero-order valence-electron chi connectivity index (χ0n) is 10.9. The van der Waals surface area contributed by atoms with E-state index in [2.05, 4.69) is 5.32 Å². The number of amides is 1. The molecule has 0 aliphatic rings. The molecule has 1 aromatic heterocycles. The summed E-state index contributed by atoms with van der Waals surface area (Å²) in [6.45, 7) is 2.38. The van der Waals surface area contributed by atoms with Crippen LogP contribution in [0.3, 0.4) is 0 Å². The molecule has 2 rings (SSSR count). The van der Waals surface area contributed by atoms with E-state index in [1.807, 2.05) is 6.92 Å². The predicted molar refractivity (Wildman–Crippen MR) is 80.2 cm³/mol. The molecule has 0 spiro atoms. The largest absolute Gasteiger partial charge is 0.398 e. The third-order valence-corrected chi connectivity index (χ3v) is 3.08. The van der Waals surface area contributed by atoms with E-state index in [4.69, 9.17) is 17.3 Å². The summed E-state index contributed by atoms with van der Waals surface area (Å²) in [5.41, 5.74) is 6.82. The number of aromatic nitrogens is 1. The number of nitrogens with zero attached hydrogens (tertiary/aromatic N) is 1. The van der Waals surface area contributed by atoms with Crippen molar-refractivity contribution in [2.45, 2.75) is 13.5 Å². The lowest BCUT2D eigenvalue weighted by Crippen LogP contribution is -2.20. The van der Waals surface area contributed by atoms with Crippen molar-refractivity contribution in [2.75, 3.05) is 11.1 Å². The second kappa shape index (κ2) is 5.79. The van der Waals surface area contributed by atoms with Crippen LogP contribution in [0.2, 0.25) is 5.02 Å². The van der Waals surface area contributed by atoms with Crippen molar-refractivity contribution in [3.05, 3.63) is 57.5 Å². The highest BCUT2D eigenvalue weighted by atomic mass is 35.5. The number of anilines is 2. The summed E-state index contributed by atoms with van der Waals surface area (Å²) in [4.78, 5) is 23.6. The van der Waals surface area contributed by atoms with Crippen LogP contribution in [0.5, 0.6) is 0 Å². The van der Waals surface area contributed by atoms with Crippen LogP contribution in [-0.4, -0.2) is 10.5 Å². The number of aryl methyl sites for hydroxylation is 1. The minimum absolute atomic E-state index is 0.114. The molecule has 5 nitrogen and oxygen atoms in total. The highest BCUT2D eigenvalue weighted by molar-refractivity contribution is 6.31. The van der Waals surface area contributed by atoms with Crippen molar-refractivity contribution in [2.24, 2.45) is 0 Å². The van der Waals surface area contributed by atoms with Crippen LogP contribution in [0.25, 0.3) is 0 Å². The minimum atomic E-state index is -0.347. The Morgan fingerprint density at radius 1 is 1.35 bits per heavy atom. The fraction of sp³-hybridized carbons (Fsp3) is 0.143. The molecule has 0 saturated heterocycles. The van der Waals surface area contributed by atoms with Gasteiger partial charge in [0.15, 0.2) is 0 Å². The van der Waals surface area contributed by atoms with E-state index in [1.54, 1.807) is 24.4 Å². The van der Waals surface area contributed by atoms with Gasteiger partial charge in [-0.05, 0) is 31.2 Å². The quantitative estimate of drug-likeness (QED) is 0.852. The van der Waals surface area contributed by atoms with Gasteiger partial charge in [-0.25, -0.2) is 0 Å². The van der Waals surface area contributed by atoms with Crippen molar-refractivity contribution in [3.8, 4) is 0 Å². The number of hydrogen-bond acceptors (Lipinski definition) is 3. The Balaban J connectivity index is 2.25. The molecule has 1 amide bonds. The molecule has 0 bridgehead atoms. The number of benzene rings is 1. The third-order valence-electron chi connectivity index (χ3n) is 2.84. The number of pyridine rings is 1. The second-order valence-electron chi connectivity index (χ2n) is 4.23. The maximum atomic E-state index is 12.1. The molecule has 0 aliphatic heterocycles. The van der Waals surface area contributed by atoms with Crippen LogP contribution in [0.1, 0.15) is 17.3 Å². The van der Waals surface area contributed by atoms with Gasteiger partial charge in [-0.1, -0.05) is 11.6 Å². The van der Waals surface area contributed by atoms with Crippen LogP contribution in [-0.2, 0) is 6.54 Å². The maximum Gasteiger partial charge on any atom is 0.257 e. The number of hydrogen-bond donors (Lipinski definition) is 2. The van der Waals surface area contributed by atoms with Crippen LogP contribution < -0.4 is 16.6 Å². The molecule has 0 fully saturated rings. The van der Waals surface area contributed by atoms with E-state index in [1.165, 1.54) is 16.7 Å².